The molecule has 0 amide bonds. The van der Waals surface area contributed by atoms with Crippen molar-refractivity contribution in [2.45, 2.75) is 19.8 Å². The van der Waals surface area contributed by atoms with Crippen LogP contribution < -0.4 is 0 Å². The molecule has 0 N–H and O–H groups in total. The molecule has 0 aliphatic carbocycles. The molecular weight excluding hydrogens is 214 g/mol. The highest BCUT2D eigenvalue weighted by Gasteiger charge is 2.13. The summed E-state index contributed by atoms with van der Waals surface area (Å²) in [5.41, 5.74) is 1.87. The maximum absolute atomic E-state index is 12.2. The van der Waals surface area contributed by atoms with Crippen LogP contribution >= 0.6 is 0 Å². The number of rotatable bonds is 4. The van der Waals surface area contributed by atoms with Gasteiger partial charge in [0.15, 0.2) is 5.78 Å². The number of carbonyl (C=O) groups is 1. The average Bonchev–Trinajstić information content (AvgIpc) is 2.75. The number of benzene rings is 1. The van der Waals surface area contributed by atoms with E-state index in [1.165, 1.54) is 6.33 Å². The van der Waals surface area contributed by atoms with Crippen LogP contribution in [0.15, 0.2) is 30.6 Å². The number of hydrogen-bond acceptors (Lipinski definition) is 3. The molecule has 0 bridgehead atoms. The Balaban J connectivity index is 2.23. The van der Waals surface area contributed by atoms with E-state index >= 15 is 0 Å². The molecule has 2 aromatic rings. The third-order valence-electron chi connectivity index (χ3n) is 2.82. The maximum atomic E-state index is 12.2. The van der Waals surface area contributed by atoms with Gasteiger partial charge in [-0.15, -0.1) is 0 Å². The Morgan fingerprint density at radius 2 is 2.12 bits per heavy atom. The first-order valence-corrected chi connectivity index (χ1v) is 5.66. The van der Waals surface area contributed by atoms with Gasteiger partial charge in [0.25, 0.3) is 0 Å². The van der Waals surface area contributed by atoms with Crippen molar-refractivity contribution in [3.05, 3.63) is 47.5 Å². The quantitative estimate of drug-likeness (QED) is 0.751. The molecule has 17 heavy (non-hydrogen) atoms. The summed E-state index contributed by atoms with van der Waals surface area (Å²) in [6, 6.07) is 7.71. The van der Waals surface area contributed by atoms with E-state index in [1.54, 1.807) is 11.7 Å². The first-order valence-electron chi connectivity index (χ1n) is 5.66. The highest BCUT2D eigenvalue weighted by molar-refractivity contribution is 5.98. The predicted octanol–water partition coefficient (Wildman–Crippen LogP) is 1.80. The average molecular weight is 229 g/mol. The molecule has 2 rings (SSSR count). The van der Waals surface area contributed by atoms with E-state index in [0.29, 0.717) is 12.2 Å². The zero-order chi connectivity index (χ0) is 12.3. The van der Waals surface area contributed by atoms with Crippen LogP contribution in [0.5, 0.6) is 0 Å². The maximum Gasteiger partial charge on any atom is 0.170 e. The van der Waals surface area contributed by atoms with Gasteiger partial charge in [0, 0.05) is 12.6 Å². The molecule has 0 saturated heterocycles. The largest absolute Gasteiger partial charge is 0.294 e. The van der Waals surface area contributed by atoms with Gasteiger partial charge in [-0.1, -0.05) is 31.2 Å². The zero-order valence-electron chi connectivity index (χ0n) is 10.1. The molecule has 0 spiro atoms. The van der Waals surface area contributed by atoms with Crippen LogP contribution in [-0.4, -0.2) is 20.5 Å². The molecule has 0 fully saturated rings. The van der Waals surface area contributed by atoms with Gasteiger partial charge in [-0.2, -0.15) is 5.10 Å². The molecule has 0 unspecified atom stereocenters. The van der Waals surface area contributed by atoms with E-state index in [9.17, 15) is 4.79 Å². The third kappa shape index (κ3) is 2.41. The van der Waals surface area contributed by atoms with Gasteiger partial charge in [-0.05, 0) is 12.0 Å². The minimum Gasteiger partial charge on any atom is -0.294 e. The van der Waals surface area contributed by atoms with Crippen LogP contribution in [-0.2, 0) is 19.9 Å². The summed E-state index contributed by atoms with van der Waals surface area (Å²) < 4.78 is 1.63. The number of carbonyl (C=O) groups excluding carboxylic acids is 1. The van der Waals surface area contributed by atoms with Gasteiger partial charge in [0.2, 0.25) is 0 Å². The number of aromatic nitrogens is 3. The van der Waals surface area contributed by atoms with Gasteiger partial charge in [0.05, 0.1) is 6.42 Å². The van der Waals surface area contributed by atoms with Crippen molar-refractivity contribution in [3.63, 3.8) is 0 Å². The molecule has 0 saturated carbocycles. The topological polar surface area (TPSA) is 47.8 Å². The Morgan fingerprint density at radius 1 is 1.35 bits per heavy atom. The first-order chi connectivity index (χ1) is 8.22. The molecular formula is C13H15N3O. The number of nitrogens with zero attached hydrogens (tertiary/aromatic N) is 3. The fourth-order valence-electron chi connectivity index (χ4n) is 1.82. The molecule has 1 aromatic heterocycles. The van der Waals surface area contributed by atoms with Gasteiger partial charge in [-0.3, -0.25) is 9.48 Å². The Kier molecular flexibility index (Phi) is 3.32. The molecule has 1 heterocycles. The van der Waals surface area contributed by atoms with Crippen molar-refractivity contribution >= 4 is 5.78 Å². The van der Waals surface area contributed by atoms with Crippen molar-refractivity contribution in [1.82, 2.24) is 14.8 Å². The van der Waals surface area contributed by atoms with Gasteiger partial charge in [-0.25, -0.2) is 4.98 Å². The minimum atomic E-state index is 0.0959. The summed E-state index contributed by atoms with van der Waals surface area (Å²) >= 11 is 0. The Morgan fingerprint density at radius 3 is 2.76 bits per heavy atom. The highest BCUT2D eigenvalue weighted by Crippen LogP contribution is 2.12. The van der Waals surface area contributed by atoms with Gasteiger partial charge < -0.3 is 0 Å². The Bertz CT molecular complexity index is 531. The minimum absolute atomic E-state index is 0.0959. The Labute approximate surface area is 100 Å². The van der Waals surface area contributed by atoms with Gasteiger partial charge in [0.1, 0.15) is 12.2 Å². The number of ketones is 1. The van der Waals surface area contributed by atoms with Crippen molar-refractivity contribution < 1.29 is 4.79 Å². The SMILES string of the molecule is CCc1ccccc1C(=O)Cc1ncnn1C. The van der Waals surface area contributed by atoms with E-state index in [4.69, 9.17) is 0 Å². The van der Waals surface area contributed by atoms with Gasteiger partial charge >= 0.3 is 0 Å². The van der Waals surface area contributed by atoms with E-state index in [2.05, 4.69) is 17.0 Å². The molecule has 0 aliphatic rings. The molecule has 4 nitrogen and oxygen atoms in total. The second-order valence-corrected chi connectivity index (χ2v) is 3.91. The van der Waals surface area contributed by atoms with Crippen LogP contribution in [0.4, 0.5) is 0 Å². The molecule has 88 valence electrons. The molecule has 0 aliphatic heterocycles. The lowest BCUT2D eigenvalue weighted by molar-refractivity contribution is 0.0989. The van der Waals surface area contributed by atoms with Crippen LogP contribution in [0.1, 0.15) is 28.7 Å². The zero-order valence-corrected chi connectivity index (χ0v) is 10.1. The predicted molar refractivity (Wildman–Crippen MR) is 64.9 cm³/mol. The van der Waals surface area contributed by atoms with E-state index in [-0.39, 0.29) is 5.78 Å². The van der Waals surface area contributed by atoms with E-state index in [0.717, 1.165) is 17.5 Å². The molecule has 0 radical (unpaired) electrons. The lowest BCUT2D eigenvalue weighted by Gasteiger charge is -2.06. The van der Waals surface area contributed by atoms with Crippen molar-refractivity contribution in [2.75, 3.05) is 0 Å². The Hall–Kier alpha value is -1.97. The second kappa shape index (κ2) is 4.91. The second-order valence-electron chi connectivity index (χ2n) is 3.91. The fourth-order valence-corrected chi connectivity index (χ4v) is 1.82. The lowest BCUT2D eigenvalue weighted by Crippen LogP contribution is -2.10. The van der Waals surface area contributed by atoms with E-state index < -0.39 is 0 Å². The van der Waals surface area contributed by atoms with Crippen molar-refractivity contribution in [2.24, 2.45) is 7.05 Å². The van der Waals surface area contributed by atoms with Crippen molar-refractivity contribution in [1.29, 1.82) is 0 Å². The van der Waals surface area contributed by atoms with E-state index in [1.807, 2.05) is 24.3 Å². The van der Waals surface area contributed by atoms with Crippen LogP contribution in [0, 0.1) is 0 Å². The summed E-state index contributed by atoms with van der Waals surface area (Å²) in [5, 5.41) is 3.96. The number of Topliss-reactive ketones (excluding diaryl/α,β-unsaturated/α-hetero) is 1. The summed E-state index contributed by atoms with van der Waals surface area (Å²) in [6.45, 7) is 2.05. The lowest BCUT2D eigenvalue weighted by atomic mass is 10.00. The highest BCUT2D eigenvalue weighted by atomic mass is 16.1. The molecule has 1 aromatic carbocycles. The molecule has 0 atom stereocenters. The number of aryl methyl sites for hydroxylation is 2. The fraction of sp³-hybridized carbons (Fsp3) is 0.308. The first kappa shape index (κ1) is 11.5. The monoisotopic (exact) mass is 229 g/mol. The smallest absolute Gasteiger partial charge is 0.170 e. The standard InChI is InChI=1S/C13H15N3O/c1-3-10-6-4-5-7-11(10)12(17)8-13-14-9-15-16(13)2/h4-7,9H,3,8H2,1-2H3. The van der Waals surface area contributed by atoms with Crippen LogP contribution in [0.3, 0.4) is 0 Å². The summed E-state index contributed by atoms with van der Waals surface area (Å²) in [7, 11) is 1.79. The summed E-state index contributed by atoms with van der Waals surface area (Å²) in [4.78, 5) is 16.2. The normalized spacial score (nSPS) is 10.5. The molecule has 4 heteroatoms. The number of hydrogen-bond donors (Lipinski definition) is 0. The summed E-state index contributed by atoms with van der Waals surface area (Å²) in [6.07, 6.45) is 2.63. The summed E-state index contributed by atoms with van der Waals surface area (Å²) in [5.74, 6) is 0.791. The van der Waals surface area contributed by atoms with Crippen LogP contribution in [0.25, 0.3) is 0 Å². The van der Waals surface area contributed by atoms with Crippen molar-refractivity contribution in [3.8, 4) is 0 Å². The van der Waals surface area contributed by atoms with Crippen LogP contribution in [0.2, 0.25) is 0 Å². The third-order valence-corrected chi connectivity index (χ3v) is 2.82.